The Kier molecular flexibility index (Phi) is 9.74. The summed E-state index contributed by atoms with van der Waals surface area (Å²) < 4.78 is 33.6. The molecule has 0 amide bonds. The molecule has 4 rings (SSSR count). The van der Waals surface area contributed by atoms with Crippen LogP contribution in [0.3, 0.4) is 0 Å². The predicted octanol–water partition coefficient (Wildman–Crippen LogP) is 5.83. The number of ether oxygens (including phenoxy) is 1. The van der Waals surface area contributed by atoms with Crippen LogP contribution in [0.2, 0.25) is 5.02 Å². The van der Waals surface area contributed by atoms with Crippen molar-refractivity contribution in [1.29, 1.82) is 0 Å². The van der Waals surface area contributed by atoms with Crippen LogP contribution in [0.5, 0.6) is 0 Å². The highest BCUT2D eigenvalue weighted by molar-refractivity contribution is 7.89. The third-order valence-electron chi connectivity index (χ3n) is 6.68. The number of hydrogen-bond donors (Lipinski definition) is 1. The number of methoxy groups -OCH3 is 1. The summed E-state index contributed by atoms with van der Waals surface area (Å²) in [4.78, 5) is 13.9. The van der Waals surface area contributed by atoms with Crippen LogP contribution in [0.15, 0.2) is 95.9 Å². The van der Waals surface area contributed by atoms with Crippen LogP contribution in [0.4, 0.5) is 0 Å². The lowest BCUT2D eigenvalue weighted by molar-refractivity contribution is -0.140. The second-order valence-electron chi connectivity index (χ2n) is 9.46. The molecule has 8 heteroatoms. The number of nitrogens with one attached hydrogen (secondary N) is 1. The number of likely N-dealkylation sites (tertiary alicyclic amines) is 1. The predicted molar refractivity (Wildman–Crippen MR) is 151 cm³/mol. The molecule has 3 aromatic carbocycles. The molecule has 2 atom stereocenters. The van der Waals surface area contributed by atoms with E-state index in [9.17, 15) is 13.2 Å². The molecule has 0 aromatic heterocycles. The highest BCUT2D eigenvalue weighted by atomic mass is 35.5. The third-order valence-corrected chi connectivity index (χ3v) is 8.47. The minimum Gasteiger partial charge on any atom is -0.469 e. The van der Waals surface area contributed by atoms with E-state index in [4.69, 9.17) is 16.3 Å². The van der Waals surface area contributed by atoms with Gasteiger partial charge in [0, 0.05) is 36.6 Å². The number of carbonyl (C=O) groups excluding carboxylic acids is 1. The fraction of sp³-hybridized carbons (Fsp3) is 0.300. The number of rotatable bonds is 11. The summed E-state index contributed by atoms with van der Waals surface area (Å²) >= 11 is 5.93. The van der Waals surface area contributed by atoms with Gasteiger partial charge in [-0.05, 0) is 60.2 Å². The maximum atomic E-state index is 13.0. The Morgan fingerprint density at radius 1 is 1.03 bits per heavy atom. The standard InChI is InChI=1S/C30H33ClN2O4S/c1-37-30(34)11-7-3-6-10-28-20-27(32-38(35,36)29-18-16-26(31)17-19-29)22-33(28)21-23-12-14-25(15-13-23)24-8-4-2-5-9-24/h2,4-6,8-10,12-19,27-28,32H,3,7,11,20-22H2,1H3/t27-,28-/m1/s1. The number of carbonyl (C=O) groups is 1. The molecule has 1 aliphatic rings. The average Bonchev–Trinajstić information content (AvgIpc) is 3.29. The molecule has 0 unspecified atom stereocenters. The molecule has 1 N–H and O–H groups in total. The van der Waals surface area contributed by atoms with Crippen molar-refractivity contribution < 1.29 is 17.9 Å². The first kappa shape index (κ1) is 28.0. The summed E-state index contributed by atoms with van der Waals surface area (Å²) in [6, 6.07) is 24.8. The van der Waals surface area contributed by atoms with Crippen LogP contribution in [0.25, 0.3) is 11.1 Å². The van der Waals surface area contributed by atoms with Gasteiger partial charge < -0.3 is 4.74 Å². The number of sulfonamides is 1. The fourth-order valence-electron chi connectivity index (χ4n) is 4.69. The summed E-state index contributed by atoms with van der Waals surface area (Å²) in [6.45, 7) is 1.29. The van der Waals surface area contributed by atoms with Crippen molar-refractivity contribution in [2.24, 2.45) is 0 Å². The van der Waals surface area contributed by atoms with Gasteiger partial charge in [-0.25, -0.2) is 13.1 Å². The van der Waals surface area contributed by atoms with Crippen LogP contribution < -0.4 is 4.72 Å². The van der Waals surface area contributed by atoms with E-state index in [0.29, 0.717) is 37.4 Å². The molecule has 0 bridgehead atoms. The Balaban J connectivity index is 1.45. The number of halogens is 1. The van der Waals surface area contributed by atoms with Crippen LogP contribution >= 0.6 is 11.6 Å². The fourth-order valence-corrected chi connectivity index (χ4v) is 6.06. The van der Waals surface area contributed by atoms with Gasteiger partial charge in [0.05, 0.1) is 12.0 Å². The van der Waals surface area contributed by atoms with Gasteiger partial charge in [-0.2, -0.15) is 0 Å². The van der Waals surface area contributed by atoms with Crippen molar-refractivity contribution in [3.63, 3.8) is 0 Å². The quantitative estimate of drug-likeness (QED) is 0.184. The lowest BCUT2D eigenvalue weighted by Gasteiger charge is -2.22. The summed E-state index contributed by atoms with van der Waals surface area (Å²) in [6.07, 6.45) is 6.71. The zero-order valence-electron chi connectivity index (χ0n) is 21.4. The SMILES string of the molecule is COC(=O)CCCC=C[C@@H]1C[C@@H](NS(=O)(=O)c2ccc(Cl)cc2)CN1Cc1ccc(-c2ccccc2)cc1. The van der Waals surface area contributed by atoms with Gasteiger partial charge in [-0.1, -0.05) is 78.4 Å². The molecule has 0 radical (unpaired) electrons. The lowest BCUT2D eigenvalue weighted by Crippen LogP contribution is -2.37. The summed E-state index contributed by atoms with van der Waals surface area (Å²) in [5.74, 6) is -0.212. The number of hydrogen-bond acceptors (Lipinski definition) is 5. The zero-order valence-corrected chi connectivity index (χ0v) is 23.0. The maximum Gasteiger partial charge on any atom is 0.305 e. The lowest BCUT2D eigenvalue weighted by atomic mass is 10.0. The molecule has 200 valence electrons. The first-order chi connectivity index (χ1) is 18.3. The number of nitrogens with zero attached hydrogens (tertiary/aromatic N) is 1. The van der Waals surface area contributed by atoms with Gasteiger partial charge in [-0.3, -0.25) is 9.69 Å². The smallest absolute Gasteiger partial charge is 0.305 e. The second-order valence-corrected chi connectivity index (χ2v) is 11.6. The van der Waals surface area contributed by atoms with E-state index in [1.54, 1.807) is 12.1 Å². The Hall–Kier alpha value is -2.97. The van der Waals surface area contributed by atoms with E-state index >= 15 is 0 Å². The number of allylic oxidation sites excluding steroid dienone is 1. The van der Waals surface area contributed by atoms with Crippen LogP contribution in [0, 0.1) is 0 Å². The molecule has 38 heavy (non-hydrogen) atoms. The van der Waals surface area contributed by atoms with Crippen LogP contribution in [0.1, 0.15) is 31.2 Å². The van der Waals surface area contributed by atoms with Gasteiger partial charge in [-0.15, -0.1) is 0 Å². The summed E-state index contributed by atoms with van der Waals surface area (Å²) in [5, 5.41) is 0.492. The van der Waals surface area contributed by atoms with E-state index in [1.807, 2.05) is 18.2 Å². The Bertz CT molecular complexity index is 1330. The largest absolute Gasteiger partial charge is 0.469 e. The van der Waals surface area contributed by atoms with E-state index < -0.39 is 10.0 Å². The average molecular weight is 553 g/mol. The first-order valence-corrected chi connectivity index (χ1v) is 14.6. The summed E-state index contributed by atoms with van der Waals surface area (Å²) in [5.41, 5.74) is 3.49. The monoisotopic (exact) mass is 552 g/mol. The molecule has 1 fully saturated rings. The Morgan fingerprint density at radius 3 is 2.39 bits per heavy atom. The zero-order chi connectivity index (χ0) is 27.0. The van der Waals surface area contributed by atoms with Crippen molar-refractivity contribution in [3.8, 4) is 11.1 Å². The van der Waals surface area contributed by atoms with E-state index in [1.165, 1.54) is 24.8 Å². The van der Waals surface area contributed by atoms with E-state index in [0.717, 1.165) is 17.5 Å². The normalized spacial score (nSPS) is 18.2. The minimum atomic E-state index is -3.67. The first-order valence-electron chi connectivity index (χ1n) is 12.7. The molecular weight excluding hydrogens is 520 g/mol. The molecular formula is C30H33ClN2O4S. The van der Waals surface area contributed by atoms with Crippen LogP contribution in [-0.4, -0.2) is 45.0 Å². The maximum absolute atomic E-state index is 13.0. The molecule has 0 spiro atoms. The van der Waals surface area contributed by atoms with Gasteiger partial charge in [0.1, 0.15) is 0 Å². The molecule has 1 heterocycles. The second kappa shape index (κ2) is 13.2. The highest BCUT2D eigenvalue weighted by Gasteiger charge is 2.33. The van der Waals surface area contributed by atoms with Crippen molar-refractivity contribution in [3.05, 3.63) is 102 Å². The van der Waals surface area contributed by atoms with Crippen molar-refractivity contribution in [2.45, 2.75) is 49.2 Å². The minimum absolute atomic E-state index is 0.0693. The van der Waals surface area contributed by atoms with Crippen molar-refractivity contribution in [2.75, 3.05) is 13.7 Å². The third kappa shape index (κ3) is 7.77. The van der Waals surface area contributed by atoms with Crippen molar-refractivity contribution in [1.82, 2.24) is 9.62 Å². The van der Waals surface area contributed by atoms with Gasteiger partial charge in [0.25, 0.3) is 0 Å². The highest BCUT2D eigenvalue weighted by Crippen LogP contribution is 2.26. The number of benzene rings is 3. The molecule has 0 aliphatic carbocycles. The molecule has 3 aromatic rings. The van der Waals surface area contributed by atoms with Gasteiger partial charge >= 0.3 is 5.97 Å². The summed E-state index contributed by atoms with van der Waals surface area (Å²) in [7, 11) is -2.27. The topological polar surface area (TPSA) is 75.7 Å². The Labute approximate surface area is 230 Å². The van der Waals surface area contributed by atoms with Crippen LogP contribution in [-0.2, 0) is 26.1 Å². The number of unbranched alkanes of at least 4 members (excludes halogenated alkanes) is 1. The van der Waals surface area contributed by atoms with E-state index in [-0.39, 0.29) is 22.9 Å². The number of esters is 1. The van der Waals surface area contributed by atoms with Gasteiger partial charge in [0.2, 0.25) is 10.0 Å². The van der Waals surface area contributed by atoms with Gasteiger partial charge in [0.15, 0.2) is 0 Å². The van der Waals surface area contributed by atoms with E-state index in [2.05, 4.69) is 58.2 Å². The Morgan fingerprint density at radius 2 is 1.71 bits per heavy atom. The molecule has 1 saturated heterocycles. The molecule has 6 nitrogen and oxygen atoms in total. The molecule has 0 saturated carbocycles. The molecule has 1 aliphatic heterocycles. The van der Waals surface area contributed by atoms with Crippen molar-refractivity contribution >= 4 is 27.6 Å².